The predicted octanol–water partition coefficient (Wildman–Crippen LogP) is 2.80. The molecular formula is C14H30N2O3. The van der Waals surface area contributed by atoms with Crippen LogP contribution in [0.3, 0.4) is 0 Å². The van der Waals surface area contributed by atoms with E-state index in [4.69, 9.17) is 4.74 Å². The summed E-state index contributed by atoms with van der Waals surface area (Å²) in [6.45, 7) is 12.4. The Kier molecular flexibility index (Phi) is 11.2. The molecule has 0 radical (unpaired) electrons. The minimum absolute atomic E-state index is 0.113. The summed E-state index contributed by atoms with van der Waals surface area (Å²) in [7, 11) is 1.76. The molecule has 5 heteroatoms. The normalized spacial score (nSPS) is 10.1. The third kappa shape index (κ3) is 13.0. The van der Waals surface area contributed by atoms with E-state index in [1.54, 1.807) is 11.9 Å². The number of ether oxygens (including phenoxy) is 1. The van der Waals surface area contributed by atoms with E-state index < -0.39 is 11.7 Å². The van der Waals surface area contributed by atoms with Crippen LogP contribution < -0.4 is 5.32 Å². The quantitative estimate of drug-likeness (QED) is 0.784. The lowest BCUT2D eigenvalue weighted by molar-refractivity contribution is -0.129. The average Bonchev–Trinajstić information content (AvgIpc) is 2.33. The van der Waals surface area contributed by atoms with Crippen LogP contribution in [0.25, 0.3) is 0 Å². The molecule has 0 bridgehead atoms. The van der Waals surface area contributed by atoms with Gasteiger partial charge in [0.05, 0.1) is 0 Å². The fourth-order valence-corrected chi connectivity index (χ4v) is 1.22. The second-order valence-electron chi connectivity index (χ2n) is 4.95. The summed E-state index contributed by atoms with van der Waals surface area (Å²) in [5, 5.41) is 2.65. The molecule has 0 aromatic heterocycles. The van der Waals surface area contributed by atoms with E-state index in [1.165, 1.54) is 0 Å². The standard InChI is InChI=1S/C12H24N2O3.C2H6/c1-6-10(15)14(5)9-7-8-13-11(16)17-12(2,3)4;1-2/h6-9H2,1-5H3,(H,13,16);1-2H3. The maximum atomic E-state index is 11.3. The fourth-order valence-electron chi connectivity index (χ4n) is 1.22. The monoisotopic (exact) mass is 274 g/mol. The molecule has 0 aromatic carbocycles. The lowest BCUT2D eigenvalue weighted by atomic mass is 10.2. The van der Waals surface area contributed by atoms with Gasteiger partial charge in [-0.3, -0.25) is 4.79 Å². The summed E-state index contributed by atoms with van der Waals surface area (Å²) in [5.41, 5.74) is -0.473. The Morgan fingerprint density at radius 2 is 1.74 bits per heavy atom. The molecule has 0 atom stereocenters. The molecule has 0 saturated heterocycles. The van der Waals surface area contributed by atoms with Gasteiger partial charge in [-0.05, 0) is 27.2 Å². The van der Waals surface area contributed by atoms with Crippen LogP contribution >= 0.6 is 0 Å². The van der Waals surface area contributed by atoms with Crippen LogP contribution in [0.15, 0.2) is 0 Å². The number of carbonyl (C=O) groups excluding carboxylic acids is 2. The minimum Gasteiger partial charge on any atom is -0.444 e. The first-order valence-corrected chi connectivity index (χ1v) is 6.97. The molecule has 0 aliphatic rings. The summed E-state index contributed by atoms with van der Waals surface area (Å²) < 4.78 is 5.08. The molecule has 5 nitrogen and oxygen atoms in total. The average molecular weight is 274 g/mol. The molecule has 0 aliphatic carbocycles. The summed E-state index contributed by atoms with van der Waals surface area (Å²) in [5.74, 6) is 0.113. The Morgan fingerprint density at radius 3 is 2.16 bits per heavy atom. The van der Waals surface area contributed by atoms with Crippen molar-refractivity contribution in [1.82, 2.24) is 10.2 Å². The van der Waals surface area contributed by atoms with Gasteiger partial charge in [-0.25, -0.2) is 4.79 Å². The largest absolute Gasteiger partial charge is 0.444 e. The van der Waals surface area contributed by atoms with E-state index >= 15 is 0 Å². The molecule has 0 unspecified atom stereocenters. The molecule has 0 fully saturated rings. The zero-order valence-corrected chi connectivity index (χ0v) is 13.5. The van der Waals surface area contributed by atoms with Crippen molar-refractivity contribution in [3.05, 3.63) is 0 Å². The first-order chi connectivity index (χ1) is 8.76. The molecule has 1 N–H and O–H groups in total. The van der Waals surface area contributed by atoms with Crippen molar-refractivity contribution in [2.45, 2.75) is 60.0 Å². The highest BCUT2D eigenvalue weighted by Crippen LogP contribution is 2.06. The van der Waals surface area contributed by atoms with Crippen molar-refractivity contribution in [3.63, 3.8) is 0 Å². The summed E-state index contributed by atoms with van der Waals surface area (Å²) in [6, 6.07) is 0. The smallest absolute Gasteiger partial charge is 0.407 e. The van der Waals surface area contributed by atoms with Gasteiger partial charge in [-0.2, -0.15) is 0 Å². The first kappa shape index (κ1) is 20.1. The Morgan fingerprint density at radius 1 is 1.21 bits per heavy atom. The van der Waals surface area contributed by atoms with Gasteiger partial charge in [0.1, 0.15) is 5.60 Å². The number of rotatable bonds is 5. The van der Waals surface area contributed by atoms with E-state index in [0.717, 1.165) is 6.42 Å². The van der Waals surface area contributed by atoms with E-state index in [2.05, 4.69) is 5.32 Å². The minimum atomic E-state index is -0.473. The van der Waals surface area contributed by atoms with Gasteiger partial charge in [-0.15, -0.1) is 0 Å². The number of carbonyl (C=O) groups is 2. The van der Waals surface area contributed by atoms with E-state index in [-0.39, 0.29) is 5.91 Å². The first-order valence-electron chi connectivity index (χ1n) is 6.97. The van der Waals surface area contributed by atoms with Crippen molar-refractivity contribution in [2.24, 2.45) is 0 Å². The zero-order chi connectivity index (χ0) is 15.5. The molecule has 0 saturated carbocycles. The second kappa shape index (κ2) is 10.6. The van der Waals surface area contributed by atoms with Crippen LogP contribution in [0.1, 0.15) is 54.4 Å². The van der Waals surface area contributed by atoms with Crippen LogP contribution in [0.5, 0.6) is 0 Å². The van der Waals surface area contributed by atoms with Gasteiger partial charge in [0, 0.05) is 26.6 Å². The molecule has 19 heavy (non-hydrogen) atoms. The maximum absolute atomic E-state index is 11.3. The Balaban J connectivity index is 0. The van der Waals surface area contributed by atoms with Gasteiger partial charge < -0.3 is 15.0 Å². The number of hydrogen-bond donors (Lipinski definition) is 1. The van der Waals surface area contributed by atoms with Crippen molar-refractivity contribution in [1.29, 1.82) is 0 Å². The van der Waals surface area contributed by atoms with E-state index in [1.807, 2.05) is 41.5 Å². The van der Waals surface area contributed by atoms with Gasteiger partial charge in [0.25, 0.3) is 0 Å². The van der Waals surface area contributed by atoms with Crippen LogP contribution in [-0.4, -0.2) is 42.6 Å². The van der Waals surface area contributed by atoms with Gasteiger partial charge in [0.2, 0.25) is 5.91 Å². The number of nitrogens with one attached hydrogen (secondary N) is 1. The molecular weight excluding hydrogens is 244 g/mol. The fraction of sp³-hybridized carbons (Fsp3) is 0.857. The molecule has 2 amide bonds. The van der Waals surface area contributed by atoms with Crippen molar-refractivity contribution in [3.8, 4) is 0 Å². The van der Waals surface area contributed by atoms with Crippen LogP contribution in [-0.2, 0) is 9.53 Å². The predicted molar refractivity (Wildman–Crippen MR) is 78.1 cm³/mol. The summed E-state index contributed by atoms with van der Waals surface area (Å²) in [4.78, 5) is 24.2. The third-order valence-electron chi connectivity index (χ3n) is 2.07. The van der Waals surface area contributed by atoms with E-state index in [0.29, 0.717) is 19.5 Å². The van der Waals surface area contributed by atoms with E-state index in [9.17, 15) is 9.59 Å². The Labute approximate surface area is 117 Å². The van der Waals surface area contributed by atoms with Crippen LogP contribution in [0.2, 0.25) is 0 Å². The van der Waals surface area contributed by atoms with Crippen molar-refractivity contribution in [2.75, 3.05) is 20.1 Å². The molecule has 0 aliphatic heterocycles. The molecule has 0 aromatic rings. The van der Waals surface area contributed by atoms with Crippen LogP contribution in [0, 0.1) is 0 Å². The van der Waals surface area contributed by atoms with Crippen molar-refractivity contribution < 1.29 is 14.3 Å². The zero-order valence-electron chi connectivity index (χ0n) is 13.5. The molecule has 0 spiro atoms. The van der Waals surface area contributed by atoms with Gasteiger partial charge in [0.15, 0.2) is 0 Å². The highest BCUT2D eigenvalue weighted by molar-refractivity contribution is 5.75. The van der Waals surface area contributed by atoms with Gasteiger partial charge >= 0.3 is 6.09 Å². The topological polar surface area (TPSA) is 58.6 Å². The number of nitrogens with zero attached hydrogens (tertiary/aromatic N) is 1. The highest BCUT2D eigenvalue weighted by Gasteiger charge is 2.15. The van der Waals surface area contributed by atoms with Gasteiger partial charge in [-0.1, -0.05) is 20.8 Å². The highest BCUT2D eigenvalue weighted by atomic mass is 16.6. The lowest BCUT2D eigenvalue weighted by Gasteiger charge is -2.20. The van der Waals surface area contributed by atoms with Crippen molar-refractivity contribution >= 4 is 12.0 Å². The molecule has 0 heterocycles. The Bertz CT molecular complexity index is 260. The second-order valence-corrected chi connectivity index (χ2v) is 4.95. The molecule has 0 rings (SSSR count). The van der Waals surface area contributed by atoms with Crippen LogP contribution in [0.4, 0.5) is 4.79 Å². The SMILES string of the molecule is CC.CCC(=O)N(C)CCCNC(=O)OC(C)(C)C. The lowest BCUT2D eigenvalue weighted by Crippen LogP contribution is -2.34. The molecule has 114 valence electrons. The summed E-state index contributed by atoms with van der Waals surface area (Å²) in [6.07, 6.45) is 0.819. The summed E-state index contributed by atoms with van der Waals surface area (Å²) >= 11 is 0. The number of amides is 2. The Hall–Kier alpha value is -1.26. The number of hydrogen-bond acceptors (Lipinski definition) is 3. The maximum Gasteiger partial charge on any atom is 0.407 e. The number of alkyl carbamates (subject to hydrolysis) is 1. The third-order valence-corrected chi connectivity index (χ3v) is 2.07.